The highest BCUT2D eigenvalue weighted by Crippen LogP contribution is 2.34. The average molecular weight is 285 g/mol. The van der Waals surface area contributed by atoms with Crippen molar-refractivity contribution >= 4 is 0 Å². The Morgan fingerprint density at radius 3 is 3.00 bits per heavy atom. The van der Waals surface area contributed by atoms with Crippen molar-refractivity contribution in [2.24, 2.45) is 7.05 Å². The molecule has 0 bridgehead atoms. The van der Waals surface area contributed by atoms with E-state index < -0.39 is 0 Å². The number of rotatable bonds is 5. The Kier molecular flexibility index (Phi) is 4.36. The third-order valence-corrected chi connectivity index (χ3v) is 4.21. The van der Waals surface area contributed by atoms with E-state index in [-0.39, 0.29) is 12.1 Å². The van der Waals surface area contributed by atoms with E-state index in [0.29, 0.717) is 0 Å². The highest BCUT2D eigenvalue weighted by Gasteiger charge is 2.25. The Labute approximate surface area is 126 Å². The topological polar surface area (TPSA) is 39.1 Å². The number of benzene rings is 1. The molecular formula is C17H23N3O. The predicted octanol–water partition coefficient (Wildman–Crippen LogP) is 2.77. The summed E-state index contributed by atoms with van der Waals surface area (Å²) in [4.78, 5) is 0. The van der Waals surface area contributed by atoms with Crippen molar-refractivity contribution in [3.63, 3.8) is 0 Å². The molecule has 2 atom stereocenters. The van der Waals surface area contributed by atoms with Gasteiger partial charge in [-0.2, -0.15) is 5.10 Å². The van der Waals surface area contributed by atoms with Crippen LogP contribution in [0.15, 0.2) is 36.5 Å². The van der Waals surface area contributed by atoms with E-state index in [2.05, 4.69) is 47.7 Å². The molecule has 0 saturated carbocycles. The lowest BCUT2D eigenvalue weighted by molar-refractivity contribution is 0.0288. The van der Waals surface area contributed by atoms with Gasteiger partial charge in [0.2, 0.25) is 0 Å². The van der Waals surface area contributed by atoms with Gasteiger partial charge in [-0.1, -0.05) is 31.2 Å². The number of nitrogens with zero attached hydrogens (tertiary/aromatic N) is 2. The monoisotopic (exact) mass is 285 g/mol. The molecule has 1 N–H and O–H groups in total. The molecule has 0 aliphatic carbocycles. The number of hydrogen-bond acceptors (Lipinski definition) is 3. The highest BCUT2D eigenvalue weighted by atomic mass is 16.5. The Balaban J connectivity index is 1.83. The minimum atomic E-state index is 0.161. The van der Waals surface area contributed by atoms with Crippen molar-refractivity contribution in [2.45, 2.75) is 31.9 Å². The van der Waals surface area contributed by atoms with Crippen molar-refractivity contribution < 1.29 is 4.74 Å². The van der Waals surface area contributed by atoms with Crippen molar-refractivity contribution in [1.29, 1.82) is 0 Å². The fraction of sp³-hybridized carbons (Fsp3) is 0.471. The SMILES string of the molecule is CCNC(CC1OCCc2ccccc21)c1ccnn1C. The number of ether oxygens (including phenoxy) is 1. The molecule has 1 aromatic carbocycles. The van der Waals surface area contributed by atoms with Gasteiger partial charge in [0.15, 0.2) is 0 Å². The number of aryl methyl sites for hydroxylation is 1. The van der Waals surface area contributed by atoms with Crippen LogP contribution in [0.5, 0.6) is 0 Å². The molecular weight excluding hydrogens is 262 g/mol. The van der Waals surface area contributed by atoms with Crippen molar-refractivity contribution in [1.82, 2.24) is 15.1 Å². The molecule has 2 heterocycles. The van der Waals surface area contributed by atoms with Crippen molar-refractivity contribution in [3.05, 3.63) is 53.3 Å². The van der Waals surface area contributed by atoms with E-state index in [1.54, 1.807) is 0 Å². The van der Waals surface area contributed by atoms with E-state index in [0.717, 1.165) is 26.0 Å². The summed E-state index contributed by atoms with van der Waals surface area (Å²) in [5.41, 5.74) is 3.98. The summed E-state index contributed by atoms with van der Waals surface area (Å²) < 4.78 is 8.00. The smallest absolute Gasteiger partial charge is 0.0846 e. The predicted molar refractivity (Wildman–Crippen MR) is 83.1 cm³/mol. The largest absolute Gasteiger partial charge is 0.373 e. The van der Waals surface area contributed by atoms with E-state index in [1.807, 2.05) is 17.9 Å². The first-order valence-electron chi connectivity index (χ1n) is 7.70. The van der Waals surface area contributed by atoms with Crippen LogP contribution in [0.4, 0.5) is 0 Å². The fourth-order valence-corrected chi connectivity index (χ4v) is 3.17. The number of aromatic nitrogens is 2. The zero-order chi connectivity index (χ0) is 14.7. The maximum atomic E-state index is 6.05. The third kappa shape index (κ3) is 3.01. The van der Waals surface area contributed by atoms with Crippen LogP contribution in [0.3, 0.4) is 0 Å². The molecule has 0 saturated heterocycles. The summed E-state index contributed by atoms with van der Waals surface area (Å²) >= 11 is 0. The first kappa shape index (κ1) is 14.3. The maximum Gasteiger partial charge on any atom is 0.0846 e. The molecule has 2 unspecified atom stereocenters. The minimum absolute atomic E-state index is 0.161. The van der Waals surface area contributed by atoms with Crippen LogP contribution < -0.4 is 5.32 Å². The molecule has 2 aromatic rings. The molecule has 0 radical (unpaired) electrons. The summed E-state index contributed by atoms with van der Waals surface area (Å²) in [5, 5.41) is 7.86. The lowest BCUT2D eigenvalue weighted by Gasteiger charge is -2.29. The Morgan fingerprint density at radius 2 is 2.24 bits per heavy atom. The molecule has 1 aliphatic heterocycles. The molecule has 0 fully saturated rings. The molecule has 4 heteroatoms. The second-order valence-corrected chi connectivity index (χ2v) is 5.53. The summed E-state index contributed by atoms with van der Waals surface area (Å²) in [7, 11) is 2.00. The maximum absolute atomic E-state index is 6.05. The Hall–Kier alpha value is -1.65. The molecule has 112 valence electrons. The lowest BCUT2D eigenvalue weighted by Crippen LogP contribution is -2.27. The molecule has 0 amide bonds. The van der Waals surface area contributed by atoms with E-state index in [4.69, 9.17) is 4.74 Å². The van der Waals surface area contributed by atoms with E-state index in [9.17, 15) is 0 Å². The lowest BCUT2D eigenvalue weighted by atomic mass is 9.92. The summed E-state index contributed by atoms with van der Waals surface area (Å²) in [5.74, 6) is 0. The van der Waals surface area contributed by atoms with Gasteiger partial charge in [-0.05, 0) is 36.6 Å². The molecule has 3 rings (SSSR count). The Bertz CT molecular complexity index is 593. The van der Waals surface area contributed by atoms with Crippen LogP contribution in [0.2, 0.25) is 0 Å². The molecule has 1 aliphatic rings. The van der Waals surface area contributed by atoms with Gasteiger partial charge in [-0.25, -0.2) is 0 Å². The standard InChI is InChI=1S/C17H23N3O/c1-3-18-15(16-8-10-19-20(16)2)12-17-14-7-5-4-6-13(14)9-11-21-17/h4-8,10,15,17-18H,3,9,11-12H2,1-2H3. The second kappa shape index (κ2) is 6.41. The van der Waals surface area contributed by atoms with Gasteiger partial charge in [-0.3, -0.25) is 4.68 Å². The molecule has 1 aromatic heterocycles. The van der Waals surface area contributed by atoms with Gasteiger partial charge in [0.1, 0.15) is 0 Å². The normalized spacial score (nSPS) is 19.2. The average Bonchev–Trinajstić information content (AvgIpc) is 2.93. The van der Waals surface area contributed by atoms with Gasteiger partial charge >= 0.3 is 0 Å². The zero-order valence-corrected chi connectivity index (χ0v) is 12.7. The van der Waals surface area contributed by atoms with Gasteiger partial charge < -0.3 is 10.1 Å². The first-order valence-corrected chi connectivity index (χ1v) is 7.70. The van der Waals surface area contributed by atoms with Crippen LogP contribution in [0, 0.1) is 0 Å². The third-order valence-electron chi connectivity index (χ3n) is 4.21. The second-order valence-electron chi connectivity index (χ2n) is 5.53. The van der Waals surface area contributed by atoms with E-state index in [1.165, 1.54) is 16.8 Å². The fourth-order valence-electron chi connectivity index (χ4n) is 3.17. The molecule has 0 spiro atoms. The summed E-state index contributed by atoms with van der Waals surface area (Å²) in [6.45, 7) is 3.88. The van der Waals surface area contributed by atoms with Crippen molar-refractivity contribution in [3.8, 4) is 0 Å². The quantitative estimate of drug-likeness (QED) is 0.918. The number of nitrogens with one attached hydrogen (secondary N) is 1. The number of fused-ring (bicyclic) bond motifs is 1. The molecule has 21 heavy (non-hydrogen) atoms. The van der Waals surface area contributed by atoms with Gasteiger partial charge in [-0.15, -0.1) is 0 Å². The highest BCUT2D eigenvalue weighted by molar-refractivity contribution is 5.31. The number of hydrogen-bond donors (Lipinski definition) is 1. The van der Waals surface area contributed by atoms with Crippen LogP contribution in [-0.4, -0.2) is 22.9 Å². The van der Waals surface area contributed by atoms with Crippen LogP contribution in [0.25, 0.3) is 0 Å². The molecule has 4 nitrogen and oxygen atoms in total. The van der Waals surface area contributed by atoms with Gasteiger partial charge in [0.25, 0.3) is 0 Å². The zero-order valence-electron chi connectivity index (χ0n) is 12.7. The minimum Gasteiger partial charge on any atom is -0.373 e. The van der Waals surface area contributed by atoms with Crippen LogP contribution in [0.1, 0.15) is 42.3 Å². The van der Waals surface area contributed by atoms with Crippen LogP contribution in [-0.2, 0) is 18.2 Å². The van der Waals surface area contributed by atoms with Crippen molar-refractivity contribution in [2.75, 3.05) is 13.2 Å². The Morgan fingerprint density at radius 1 is 1.38 bits per heavy atom. The van der Waals surface area contributed by atoms with Crippen LogP contribution >= 0.6 is 0 Å². The summed E-state index contributed by atoms with van der Waals surface area (Å²) in [6, 6.07) is 11.0. The van der Waals surface area contributed by atoms with Gasteiger partial charge in [0, 0.05) is 13.2 Å². The van der Waals surface area contributed by atoms with Gasteiger partial charge in [0.05, 0.1) is 24.4 Å². The summed E-state index contributed by atoms with van der Waals surface area (Å²) in [6.07, 6.45) is 3.97. The van der Waals surface area contributed by atoms with E-state index >= 15 is 0 Å². The first-order chi connectivity index (χ1) is 10.3.